The van der Waals surface area contributed by atoms with Crippen LogP contribution in [0.3, 0.4) is 0 Å². The van der Waals surface area contributed by atoms with Gasteiger partial charge in [-0.3, -0.25) is 9.59 Å². The van der Waals surface area contributed by atoms with E-state index >= 15 is 0 Å². The zero-order valence-electron chi connectivity index (χ0n) is 25.2. The summed E-state index contributed by atoms with van der Waals surface area (Å²) in [4.78, 5) is 42.3. The van der Waals surface area contributed by atoms with E-state index in [0.29, 0.717) is 6.54 Å². The molecule has 0 spiro atoms. The van der Waals surface area contributed by atoms with Crippen LogP contribution in [0.25, 0.3) is 0 Å². The molecule has 2 N–H and O–H groups in total. The monoisotopic (exact) mass is 537 g/mol. The average Bonchev–Trinajstić information content (AvgIpc) is 2.83. The summed E-state index contributed by atoms with van der Waals surface area (Å²) in [6.45, 7) is 17.3. The van der Waals surface area contributed by atoms with Crippen LogP contribution in [-0.4, -0.2) is 41.0 Å². The van der Waals surface area contributed by atoms with Gasteiger partial charge in [-0.15, -0.1) is 0 Å². The van der Waals surface area contributed by atoms with E-state index in [1.807, 2.05) is 64.1 Å². The maximum absolute atomic E-state index is 14.2. The summed E-state index contributed by atoms with van der Waals surface area (Å²) in [5.41, 5.74) is 4.60. The van der Waals surface area contributed by atoms with E-state index in [0.717, 1.165) is 59.2 Å². The number of amides is 3. The number of alkyl carbamates (subject to hydrolysis) is 1. The quantitative estimate of drug-likeness (QED) is 0.305. The Hall–Kier alpha value is -3.35. The minimum absolute atomic E-state index is 0.280. The van der Waals surface area contributed by atoms with Gasteiger partial charge < -0.3 is 20.3 Å². The molecule has 0 bridgehead atoms. The molecule has 0 aliphatic heterocycles. The molecule has 3 amide bonds. The Labute approximate surface area is 234 Å². The first-order chi connectivity index (χ1) is 18.3. The third-order valence-corrected chi connectivity index (χ3v) is 6.74. The zero-order chi connectivity index (χ0) is 29.3. The molecule has 2 aromatic carbocycles. The summed E-state index contributed by atoms with van der Waals surface area (Å²) in [5.74, 6) is -0.611. The van der Waals surface area contributed by atoms with Crippen LogP contribution < -0.4 is 10.6 Å². The topological polar surface area (TPSA) is 87.7 Å². The van der Waals surface area contributed by atoms with Crippen molar-refractivity contribution in [2.75, 3.05) is 11.9 Å². The zero-order valence-corrected chi connectivity index (χ0v) is 25.2. The molecule has 214 valence electrons. The van der Waals surface area contributed by atoms with Gasteiger partial charge in [-0.2, -0.15) is 0 Å². The van der Waals surface area contributed by atoms with E-state index in [1.54, 1.807) is 32.6 Å². The molecule has 39 heavy (non-hydrogen) atoms. The summed E-state index contributed by atoms with van der Waals surface area (Å²) in [7, 11) is 0. The number of hydrogen-bond acceptors (Lipinski definition) is 4. The lowest BCUT2D eigenvalue weighted by Crippen LogP contribution is -2.51. The summed E-state index contributed by atoms with van der Waals surface area (Å²) in [6, 6.07) is 9.99. The number of nitrogens with one attached hydrogen (secondary N) is 2. The lowest BCUT2D eigenvalue weighted by Gasteiger charge is -2.35. The highest BCUT2D eigenvalue weighted by atomic mass is 16.6. The van der Waals surface area contributed by atoms with Crippen LogP contribution >= 0.6 is 0 Å². The smallest absolute Gasteiger partial charge is 0.408 e. The highest BCUT2D eigenvalue weighted by molar-refractivity contribution is 6.00. The number of carbonyl (C=O) groups is 3. The largest absolute Gasteiger partial charge is 0.444 e. The molecule has 0 aromatic heterocycles. The normalized spacial score (nSPS) is 12.8. The number of hydrogen-bond donors (Lipinski definition) is 2. The van der Waals surface area contributed by atoms with Crippen molar-refractivity contribution < 1.29 is 19.1 Å². The van der Waals surface area contributed by atoms with Crippen molar-refractivity contribution in [1.82, 2.24) is 10.2 Å². The number of para-hydroxylation sites is 1. The molecule has 7 heteroatoms. The van der Waals surface area contributed by atoms with Crippen molar-refractivity contribution in [2.24, 2.45) is 0 Å². The molecule has 2 aromatic rings. The Kier molecular flexibility index (Phi) is 11.6. The molecular formula is C32H47N3O4. The maximum Gasteiger partial charge on any atom is 0.408 e. The first-order valence-corrected chi connectivity index (χ1v) is 14.0. The number of carbonyl (C=O) groups excluding carboxylic acids is 3. The minimum atomic E-state index is -0.883. The first-order valence-electron chi connectivity index (χ1n) is 14.0. The van der Waals surface area contributed by atoms with Gasteiger partial charge in [0.1, 0.15) is 17.7 Å². The number of nitrogens with zero attached hydrogens (tertiary/aromatic N) is 1. The fraction of sp³-hybridized carbons (Fsp3) is 0.531. The van der Waals surface area contributed by atoms with Crippen molar-refractivity contribution in [3.05, 3.63) is 64.2 Å². The standard InChI is InChI=1S/C32H47N3O4/c1-10-11-12-13-20-35(30(37)25(6)33-31(38)39-32(7,8)9)28(26-21(2)16-14-17-22(26)3)29(36)34-27-23(4)18-15-19-24(27)5/h14-19,25,28H,10-13,20H2,1-9H3,(H,33,38)(H,34,36). The predicted molar refractivity (Wildman–Crippen MR) is 158 cm³/mol. The van der Waals surface area contributed by atoms with Gasteiger partial charge in [-0.25, -0.2) is 4.79 Å². The fourth-order valence-corrected chi connectivity index (χ4v) is 4.76. The first kappa shape index (κ1) is 31.9. The molecule has 0 aliphatic rings. The van der Waals surface area contributed by atoms with Gasteiger partial charge in [-0.05, 0) is 89.6 Å². The van der Waals surface area contributed by atoms with Crippen molar-refractivity contribution >= 4 is 23.6 Å². The van der Waals surface area contributed by atoms with Crippen molar-refractivity contribution in [3.8, 4) is 0 Å². The second-order valence-corrected chi connectivity index (χ2v) is 11.4. The van der Waals surface area contributed by atoms with E-state index in [-0.39, 0.29) is 11.8 Å². The van der Waals surface area contributed by atoms with Crippen LogP contribution in [0.1, 0.15) is 94.2 Å². The van der Waals surface area contributed by atoms with E-state index in [9.17, 15) is 14.4 Å². The van der Waals surface area contributed by atoms with Crippen LogP contribution in [0.5, 0.6) is 0 Å². The second-order valence-electron chi connectivity index (χ2n) is 11.4. The molecular weight excluding hydrogens is 490 g/mol. The Bertz CT molecular complexity index is 1110. The van der Waals surface area contributed by atoms with E-state index in [1.165, 1.54) is 0 Å². The van der Waals surface area contributed by atoms with Gasteiger partial charge >= 0.3 is 6.09 Å². The molecule has 0 radical (unpaired) electrons. The number of benzene rings is 2. The molecule has 2 atom stereocenters. The van der Waals surface area contributed by atoms with Crippen LogP contribution in [-0.2, 0) is 14.3 Å². The number of unbranched alkanes of at least 4 members (excludes halogenated alkanes) is 3. The van der Waals surface area contributed by atoms with Crippen LogP contribution in [0.15, 0.2) is 36.4 Å². The predicted octanol–water partition coefficient (Wildman–Crippen LogP) is 6.92. The van der Waals surface area contributed by atoms with Gasteiger partial charge in [0.2, 0.25) is 5.91 Å². The fourth-order valence-electron chi connectivity index (χ4n) is 4.76. The van der Waals surface area contributed by atoms with Gasteiger partial charge in [0.25, 0.3) is 5.91 Å². The highest BCUT2D eigenvalue weighted by Gasteiger charge is 2.36. The third kappa shape index (κ3) is 9.12. The Morgan fingerprint density at radius 3 is 1.92 bits per heavy atom. The third-order valence-electron chi connectivity index (χ3n) is 6.74. The summed E-state index contributed by atoms with van der Waals surface area (Å²) in [6.07, 6.45) is 3.11. The molecule has 0 saturated heterocycles. The molecule has 2 unspecified atom stereocenters. The molecule has 0 fully saturated rings. The summed E-state index contributed by atoms with van der Waals surface area (Å²) in [5, 5.41) is 5.81. The number of rotatable bonds is 11. The summed E-state index contributed by atoms with van der Waals surface area (Å²) >= 11 is 0. The van der Waals surface area contributed by atoms with Gasteiger partial charge in [0, 0.05) is 12.2 Å². The number of aryl methyl sites for hydroxylation is 4. The second kappa shape index (κ2) is 14.2. The number of anilines is 1. The van der Waals surface area contributed by atoms with E-state index in [2.05, 4.69) is 17.6 Å². The van der Waals surface area contributed by atoms with Gasteiger partial charge in [0.15, 0.2) is 0 Å². The van der Waals surface area contributed by atoms with Gasteiger partial charge in [0.05, 0.1) is 0 Å². The molecule has 0 saturated carbocycles. The van der Waals surface area contributed by atoms with Crippen LogP contribution in [0.4, 0.5) is 10.5 Å². The minimum Gasteiger partial charge on any atom is -0.444 e. The van der Waals surface area contributed by atoms with Crippen LogP contribution in [0, 0.1) is 27.7 Å². The maximum atomic E-state index is 14.2. The Morgan fingerprint density at radius 2 is 1.41 bits per heavy atom. The van der Waals surface area contributed by atoms with E-state index in [4.69, 9.17) is 4.74 Å². The molecule has 0 aliphatic carbocycles. The van der Waals surface area contributed by atoms with Crippen LogP contribution in [0.2, 0.25) is 0 Å². The lowest BCUT2D eigenvalue weighted by atomic mass is 9.93. The van der Waals surface area contributed by atoms with Crippen molar-refractivity contribution in [2.45, 2.75) is 106 Å². The highest BCUT2D eigenvalue weighted by Crippen LogP contribution is 2.31. The average molecular weight is 538 g/mol. The number of ether oxygens (including phenoxy) is 1. The van der Waals surface area contributed by atoms with Crippen molar-refractivity contribution in [3.63, 3.8) is 0 Å². The molecule has 7 nitrogen and oxygen atoms in total. The lowest BCUT2D eigenvalue weighted by molar-refractivity contribution is -0.140. The summed E-state index contributed by atoms with van der Waals surface area (Å²) < 4.78 is 5.39. The Morgan fingerprint density at radius 1 is 0.872 bits per heavy atom. The molecule has 0 heterocycles. The SMILES string of the molecule is CCCCCCN(C(=O)C(C)NC(=O)OC(C)(C)C)C(C(=O)Nc1c(C)cccc1C)c1c(C)cccc1C. The Balaban J connectivity index is 2.55. The van der Waals surface area contributed by atoms with E-state index < -0.39 is 23.8 Å². The van der Waals surface area contributed by atoms with Crippen molar-refractivity contribution in [1.29, 1.82) is 0 Å². The molecule has 2 rings (SSSR count). The van der Waals surface area contributed by atoms with Gasteiger partial charge in [-0.1, -0.05) is 62.6 Å².